The normalized spacial score (nSPS) is 18.1. The van der Waals surface area contributed by atoms with Crippen LogP contribution in [0, 0.1) is 0 Å². The van der Waals surface area contributed by atoms with E-state index >= 15 is 0 Å². The monoisotopic (exact) mass is 636 g/mol. The Morgan fingerprint density at radius 2 is 1.07 bits per heavy atom. The SMILES string of the molecule is CCCCCCCNP1(c2ccccc2)(c2ccccc2)NPN=P(c2ccccc2)(c2ccccc2)N1c1ccccc1. The van der Waals surface area contributed by atoms with Crippen LogP contribution in [0.5, 0.6) is 0 Å². The summed E-state index contributed by atoms with van der Waals surface area (Å²) in [5, 5.41) is 9.50. The van der Waals surface area contributed by atoms with E-state index in [1.165, 1.54) is 46.9 Å². The molecule has 226 valence electrons. The van der Waals surface area contributed by atoms with Crippen molar-refractivity contribution in [3.8, 4) is 0 Å². The van der Waals surface area contributed by atoms with Crippen LogP contribution in [0.4, 0.5) is 5.69 Å². The molecular weight excluding hydrogens is 593 g/mol. The van der Waals surface area contributed by atoms with Gasteiger partial charge in [0.2, 0.25) is 0 Å². The average Bonchev–Trinajstić information content (AvgIpc) is 3.11. The number of benzene rings is 5. The van der Waals surface area contributed by atoms with E-state index in [1.54, 1.807) is 0 Å². The fourth-order valence-electron chi connectivity index (χ4n) is 6.50. The van der Waals surface area contributed by atoms with Gasteiger partial charge in [0.1, 0.15) is 0 Å². The molecule has 0 saturated carbocycles. The Labute approximate surface area is 265 Å². The van der Waals surface area contributed by atoms with Crippen molar-refractivity contribution in [2.24, 2.45) is 4.52 Å². The topological polar surface area (TPSA) is 39.7 Å². The van der Waals surface area contributed by atoms with Crippen LogP contribution in [-0.2, 0) is 0 Å². The number of anilines is 1. The number of hydrogen-bond acceptors (Lipinski definition) is 4. The van der Waals surface area contributed by atoms with Crippen molar-refractivity contribution in [1.82, 2.24) is 9.95 Å². The summed E-state index contributed by atoms with van der Waals surface area (Å²) in [5.74, 6) is 0. The molecule has 1 atom stereocenters. The molecule has 1 unspecified atom stereocenters. The number of unbranched alkanes of at least 4 members (excludes halogenated alkanes) is 4. The van der Waals surface area contributed by atoms with Gasteiger partial charge in [0, 0.05) is 0 Å². The molecule has 44 heavy (non-hydrogen) atoms. The van der Waals surface area contributed by atoms with Gasteiger partial charge in [-0.2, -0.15) is 0 Å². The van der Waals surface area contributed by atoms with Crippen LogP contribution in [0.25, 0.3) is 0 Å². The van der Waals surface area contributed by atoms with Gasteiger partial charge in [-0.15, -0.1) is 0 Å². The Kier molecular flexibility index (Phi) is 9.77. The number of nitrogens with zero attached hydrogens (tertiary/aromatic N) is 2. The fraction of sp³-hybridized carbons (Fsp3) is 0.189. The second-order valence-electron chi connectivity index (χ2n) is 11.3. The molecule has 0 fully saturated rings. The summed E-state index contributed by atoms with van der Waals surface area (Å²) in [5.41, 5.74) is 1.16. The van der Waals surface area contributed by atoms with Gasteiger partial charge < -0.3 is 0 Å². The van der Waals surface area contributed by atoms with Crippen LogP contribution >= 0.6 is 23.1 Å². The third-order valence-corrected chi connectivity index (χ3v) is 21.4. The Morgan fingerprint density at radius 1 is 0.614 bits per heavy atom. The molecule has 1 aliphatic rings. The summed E-state index contributed by atoms with van der Waals surface area (Å²) in [6, 6.07) is 55.5. The molecule has 1 aliphatic heterocycles. The summed E-state index contributed by atoms with van der Waals surface area (Å²) in [6.07, 6.45) is 6.12. The zero-order valence-electron chi connectivity index (χ0n) is 25.5. The summed E-state index contributed by atoms with van der Waals surface area (Å²) < 4.78 is 8.54. The molecule has 5 aromatic rings. The van der Waals surface area contributed by atoms with E-state index in [1.807, 2.05) is 0 Å². The van der Waals surface area contributed by atoms with Gasteiger partial charge in [0.05, 0.1) is 0 Å². The van der Waals surface area contributed by atoms with E-state index < -0.39 is 14.3 Å². The van der Waals surface area contributed by atoms with E-state index in [0.717, 1.165) is 18.7 Å². The molecule has 0 radical (unpaired) electrons. The molecule has 4 nitrogen and oxygen atoms in total. The number of nitrogens with one attached hydrogen (secondary N) is 2. The second kappa shape index (κ2) is 13.9. The number of rotatable bonds is 12. The predicted molar refractivity (Wildman–Crippen MR) is 198 cm³/mol. The molecule has 5 aromatic carbocycles. The van der Waals surface area contributed by atoms with E-state index in [9.17, 15) is 0 Å². The Bertz CT molecular complexity index is 1580. The first-order valence-electron chi connectivity index (χ1n) is 15.8. The molecule has 7 heteroatoms. The van der Waals surface area contributed by atoms with Gasteiger partial charge in [-0.25, -0.2) is 0 Å². The van der Waals surface area contributed by atoms with Crippen molar-refractivity contribution in [3.05, 3.63) is 152 Å². The maximum absolute atomic E-state index is 5.77. The van der Waals surface area contributed by atoms with Gasteiger partial charge in [0.25, 0.3) is 0 Å². The van der Waals surface area contributed by atoms with E-state index in [0.29, 0.717) is 0 Å². The van der Waals surface area contributed by atoms with Crippen molar-refractivity contribution < 1.29 is 0 Å². The number of para-hydroxylation sites is 1. The Morgan fingerprint density at radius 3 is 1.57 bits per heavy atom. The molecular formula is C37H43N4P3. The van der Waals surface area contributed by atoms with Crippen LogP contribution < -0.4 is 35.6 Å². The summed E-state index contributed by atoms with van der Waals surface area (Å²) in [7, 11) is -6.07. The fourth-order valence-corrected chi connectivity index (χ4v) is 22.0. The molecule has 0 saturated heterocycles. The second-order valence-corrected chi connectivity index (χ2v) is 20.0. The minimum atomic E-state index is -3.66. The maximum atomic E-state index is 5.77. The van der Waals surface area contributed by atoms with E-state index in [4.69, 9.17) is 4.52 Å². The molecule has 2 N–H and O–H groups in total. The molecule has 1 heterocycles. The standard InChI is InChI=1S/C37H43N4P3/c1-2-3-4-5-21-32-38-44(36-28-17-9-18-29-36,37-30-19-10-20-31-37)40-42-39-43(34-24-13-7-14-25-34,35-26-15-8-16-27-35)41(44)33-22-11-6-12-23-33/h6-20,22-31,38,40,42H,2-5,21,32H2,1H3. The first-order chi connectivity index (χ1) is 21.7. The van der Waals surface area contributed by atoms with E-state index in [-0.39, 0.29) is 8.88 Å². The van der Waals surface area contributed by atoms with Crippen LogP contribution in [-0.4, -0.2) is 6.54 Å². The molecule has 0 amide bonds. The van der Waals surface area contributed by atoms with Crippen molar-refractivity contribution in [2.45, 2.75) is 39.0 Å². The van der Waals surface area contributed by atoms with Crippen molar-refractivity contribution in [1.29, 1.82) is 0 Å². The predicted octanol–water partition coefficient (Wildman–Crippen LogP) is 8.88. The summed E-state index contributed by atoms with van der Waals surface area (Å²) >= 11 is 0. The molecule has 0 aliphatic carbocycles. The van der Waals surface area contributed by atoms with Gasteiger partial charge in [-0.1, -0.05) is 0 Å². The summed E-state index contributed by atoms with van der Waals surface area (Å²) in [4.78, 5) is 4.26. The number of hydrogen-bond donors (Lipinski definition) is 2. The van der Waals surface area contributed by atoms with Gasteiger partial charge in [0.15, 0.2) is 0 Å². The van der Waals surface area contributed by atoms with Crippen LogP contribution in [0.1, 0.15) is 39.0 Å². The Balaban J connectivity index is 1.74. The molecule has 0 bridgehead atoms. The first-order valence-corrected chi connectivity index (χ1v) is 20.6. The minimum absolute atomic E-state index is 0.199. The molecule has 0 spiro atoms. The summed E-state index contributed by atoms with van der Waals surface area (Å²) in [6.45, 7) is 3.18. The van der Waals surface area contributed by atoms with Crippen molar-refractivity contribution in [2.75, 3.05) is 11.0 Å². The zero-order valence-corrected chi connectivity index (χ0v) is 28.3. The molecule has 6 rings (SSSR count). The zero-order chi connectivity index (χ0) is 30.2. The molecule has 0 aromatic heterocycles. The van der Waals surface area contributed by atoms with Gasteiger partial charge in [-0.3, -0.25) is 0 Å². The van der Waals surface area contributed by atoms with Crippen LogP contribution in [0.15, 0.2) is 156 Å². The van der Waals surface area contributed by atoms with Gasteiger partial charge in [-0.05, 0) is 0 Å². The van der Waals surface area contributed by atoms with E-state index in [2.05, 4.69) is 173 Å². The van der Waals surface area contributed by atoms with Crippen LogP contribution in [0.3, 0.4) is 0 Å². The Hall–Kier alpha value is -3.09. The van der Waals surface area contributed by atoms with Crippen molar-refractivity contribution in [3.63, 3.8) is 0 Å². The van der Waals surface area contributed by atoms with Gasteiger partial charge >= 0.3 is 266 Å². The third-order valence-electron chi connectivity index (χ3n) is 8.55. The average molecular weight is 637 g/mol. The van der Waals surface area contributed by atoms with Crippen LogP contribution in [0.2, 0.25) is 0 Å². The third kappa shape index (κ3) is 5.38. The first kappa shape index (κ1) is 30.9. The quantitative estimate of drug-likeness (QED) is 0.106. The van der Waals surface area contributed by atoms with Crippen molar-refractivity contribution >= 4 is 50.0 Å².